The molecule has 3 heterocycles. The number of carbonyl (C=O) groups excluding carboxylic acids is 1. The Balaban J connectivity index is 1.44. The zero-order valence-electron chi connectivity index (χ0n) is 17.3. The minimum Gasteiger partial charge on any atom is -0.338 e. The van der Waals surface area contributed by atoms with Crippen LogP contribution in [0.4, 0.5) is 0 Å². The summed E-state index contributed by atoms with van der Waals surface area (Å²) in [7, 11) is 0. The molecule has 1 amide bonds. The highest BCUT2D eigenvalue weighted by atomic mass is 16.2. The van der Waals surface area contributed by atoms with Crippen molar-refractivity contribution in [3.05, 3.63) is 72.2 Å². The topological polar surface area (TPSA) is 51.0 Å². The number of hydrogen-bond acceptors (Lipinski definition) is 3. The predicted octanol–water partition coefficient (Wildman–Crippen LogP) is 4.65. The van der Waals surface area contributed by atoms with Crippen molar-refractivity contribution in [2.75, 3.05) is 13.1 Å². The van der Waals surface area contributed by atoms with Crippen LogP contribution in [0.3, 0.4) is 0 Å². The lowest BCUT2D eigenvalue weighted by atomic mass is 9.75. The molecule has 5 heteroatoms. The molecule has 154 valence electrons. The summed E-state index contributed by atoms with van der Waals surface area (Å²) in [6.07, 6.45) is 11.9. The SMILES string of the molecule is O=C(c1cn(Cc2ccccc2)nc1-c1cccnc1)N1CC[C@@H]2CCCC[C@@H]2C1. The van der Waals surface area contributed by atoms with E-state index < -0.39 is 0 Å². The molecule has 2 fully saturated rings. The summed E-state index contributed by atoms with van der Waals surface area (Å²) in [5, 5.41) is 4.80. The average Bonchev–Trinajstić information content (AvgIpc) is 3.23. The standard InChI is InChI=1S/C25H28N4O/c30-25(28-14-12-20-9-4-5-10-22(20)17-28)23-18-29(16-19-7-2-1-3-8-19)27-24(23)21-11-6-13-26-15-21/h1-3,6-8,11,13,15,18,20,22H,4-5,9-10,12,14,16-17H2/t20-,22+/m0/s1. The van der Waals surface area contributed by atoms with E-state index in [0.29, 0.717) is 18.0 Å². The fourth-order valence-corrected chi connectivity index (χ4v) is 5.10. The van der Waals surface area contributed by atoms with Gasteiger partial charge in [0.25, 0.3) is 5.91 Å². The second-order valence-corrected chi connectivity index (χ2v) is 8.66. The van der Waals surface area contributed by atoms with Gasteiger partial charge in [-0.05, 0) is 42.4 Å². The number of nitrogens with zero attached hydrogens (tertiary/aromatic N) is 4. The number of carbonyl (C=O) groups is 1. The summed E-state index contributed by atoms with van der Waals surface area (Å²) in [6, 6.07) is 14.1. The summed E-state index contributed by atoms with van der Waals surface area (Å²) in [5.41, 5.74) is 3.47. The molecule has 1 saturated carbocycles. The van der Waals surface area contributed by atoms with Gasteiger partial charge in [0, 0.05) is 37.2 Å². The van der Waals surface area contributed by atoms with Crippen molar-refractivity contribution in [1.29, 1.82) is 0 Å². The number of piperidine rings is 1. The van der Waals surface area contributed by atoms with E-state index in [1.807, 2.05) is 41.2 Å². The molecule has 1 aliphatic heterocycles. The first-order valence-electron chi connectivity index (χ1n) is 11.1. The number of rotatable bonds is 4. The van der Waals surface area contributed by atoms with Crippen LogP contribution < -0.4 is 0 Å². The molecule has 1 aromatic carbocycles. The quantitative estimate of drug-likeness (QED) is 0.641. The van der Waals surface area contributed by atoms with Gasteiger partial charge in [0.2, 0.25) is 0 Å². The van der Waals surface area contributed by atoms with Crippen molar-refractivity contribution in [2.45, 2.75) is 38.6 Å². The van der Waals surface area contributed by atoms with Gasteiger partial charge < -0.3 is 4.90 Å². The molecule has 3 aromatic rings. The highest BCUT2D eigenvalue weighted by Crippen LogP contribution is 2.37. The van der Waals surface area contributed by atoms with Crippen LogP contribution in [0, 0.1) is 11.8 Å². The molecule has 30 heavy (non-hydrogen) atoms. The average molecular weight is 401 g/mol. The fraction of sp³-hybridized carbons (Fsp3) is 0.400. The minimum absolute atomic E-state index is 0.109. The van der Waals surface area contributed by atoms with Gasteiger partial charge in [-0.15, -0.1) is 0 Å². The number of benzene rings is 1. The van der Waals surface area contributed by atoms with Gasteiger partial charge in [-0.1, -0.05) is 49.6 Å². The monoisotopic (exact) mass is 400 g/mol. The second-order valence-electron chi connectivity index (χ2n) is 8.66. The van der Waals surface area contributed by atoms with Crippen LogP contribution in [0.25, 0.3) is 11.3 Å². The van der Waals surface area contributed by atoms with E-state index in [2.05, 4.69) is 22.0 Å². The normalized spacial score (nSPS) is 21.3. The molecule has 0 unspecified atom stereocenters. The van der Waals surface area contributed by atoms with Gasteiger partial charge in [0.1, 0.15) is 5.69 Å². The molecule has 0 radical (unpaired) electrons. The number of hydrogen-bond donors (Lipinski definition) is 0. The lowest BCUT2D eigenvalue weighted by Crippen LogP contribution is -2.44. The van der Waals surface area contributed by atoms with E-state index in [1.54, 1.807) is 12.4 Å². The second kappa shape index (κ2) is 8.42. The van der Waals surface area contributed by atoms with Gasteiger partial charge in [-0.25, -0.2) is 0 Å². The molecule has 5 rings (SSSR count). The van der Waals surface area contributed by atoms with Crippen LogP contribution in [0.2, 0.25) is 0 Å². The molecule has 0 spiro atoms. The van der Waals surface area contributed by atoms with Crippen molar-refractivity contribution < 1.29 is 4.79 Å². The van der Waals surface area contributed by atoms with E-state index in [9.17, 15) is 4.79 Å². The van der Waals surface area contributed by atoms with Gasteiger partial charge in [0.05, 0.1) is 12.1 Å². The lowest BCUT2D eigenvalue weighted by Gasteiger charge is -2.41. The molecule has 0 N–H and O–H groups in total. The largest absolute Gasteiger partial charge is 0.338 e. The van der Waals surface area contributed by atoms with E-state index in [-0.39, 0.29) is 5.91 Å². The number of aromatic nitrogens is 3. The molecule has 0 bridgehead atoms. The van der Waals surface area contributed by atoms with Gasteiger partial charge in [-0.2, -0.15) is 5.10 Å². The maximum Gasteiger partial charge on any atom is 0.257 e. The van der Waals surface area contributed by atoms with Crippen LogP contribution >= 0.6 is 0 Å². The van der Waals surface area contributed by atoms with Crippen molar-refractivity contribution in [3.63, 3.8) is 0 Å². The molecule has 2 aliphatic rings. The predicted molar refractivity (Wildman–Crippen MR) is 117 cm³/mol. The summed E-state index contributed by atoms with van der Waals surface area (Å²) in [5.74, 6) is 1.58. The Morgan fingerprint density at radius 2 is 1.83 bits per heavy atom. The Kier molecular flexibility index (Phi) is 5.35. The van der Waals surface area contributed by atoms with Crippen LogP contribution in [0.15, 0.2) is 61.1 Å². The first kappa shape index (κ1) is 19.0. The highest BCUT2D eigenvalue weighted by molar-refractivity contribution is 5.99. The van der Waals surface area contributed by atoms with Gasteiger partial charge in [-0.3, -0.25) is 14.5 Å². The number of fused-ring (bicyclic) bond motifs is 1. The molecule has 5 nitrogen and oxygen atoms in total. The van der Waals surface area contributed by atoms with E-state index >= 15 is 0 Å². The van der Waals surface area contributed by atoms with Gasteiger partial charge >= 0.3 is 0 Å². The lowest BCUT2D eigenvalue weighted by molar-refractivity contribution is 0.0521. The van der Waals surface area contributed by atoms with Gasteiger partial charge in [0.15, 0.2) is 0 Å². The Morgan fingerprint density at radius 1 is 1.00 bits per heavy atom. The Morgan fingerprint density at radius 3 is 2.63 bits per heavy atom. The maximum absolute atomic E-state index is 13.6. The zero-order chi connectivity index (χ0) is 20.3. The summed E-state index contributed by atoms with van der Waals surface area (Å²) in [6.45, 7) is 2.39. The smallest absolute Gasteiger partial charge is 0.257 e. The Labute approximate surface area is 177 Å². The van der Waals surface area contributed by atoms with Crippen molar-refractivity contribution >= 4 is 5.91 Å². The van der Waals surface area contributed by atoms with Crippen molar-refractivity contribution in [3.8, 4) is 11.3 Å². The molecule has 1 saturated heterocycles. The third kappa shape index (κ3) is 3.89. The van der Waals surface area contributed by atoms with Crippen LogP contribution in [0.1, 0.15) is 48.0 Å². The Hall–Kier alpha value is -2.95. The molecule has 2 aromatic heterocycles. The minimum atomic E-state index is 0.109. The molecular weight excluding hydrogens is 372 g/mol. The van der Waals surface area contributed by atoms with E-state index in [0.717, 1.165) is 36.7 Å². The van der Waals surface area contributed by atoms with E-state index in [1.165, 1.54) is 31.2 Å². The molecule has 1 aliphatic carbocycles. The number of likely N-dealkylation sites (tertiary alicyclic amines) is 1. The van der Waals surface area contributed by atoms with Crippen molar-refractivity contribution in [2.24, 2.45) is 11.8 Å². The third-order valence-electron chi connectivity index (χ3n) is 6.69. The summed E-state index contributed by atoms with van der Waals surface area (Å²) < 4.78 is 1.89. The third-order valence-corrected chi connectivity index (χ3v) is 6.69. The van der Waals surface area contributed by atoms with Crippen LogP contribution in [0.5, 0.6) is 0 Å². The molecule has 2 atom stereocenters. The first-order chi connectivity index (χ1) is 14.8. The highest BCUT2D eigenvalue weighted by Gasteiger charge is 2.34. The van der Waals surface area contributed by atoms with Crippen LogP contribution in [-0.4, -0.2) is 38.7 Å². The summed E-state index contributed by atoms with van der Waals surface area (Å²) >= 11 is 0. The Bertz CT molecular complexity index is 999. The van der Waals surface area contributed by atoms with E-state index in [4.69, 9.17) is 5.10 Å². The summed E-state index contributed by atoms with van der Waals surface area (Å²) in [4.78, 5) is 19.9. The number of pyridine rings is 1. The first-order valence-corrected chi connectivity index (χ1v) is 11.1. The van der Waals surface area contributed by atoms with Crippen LogP contribution in [-0.2, 0) is 6.54 Å². The van der Waals surface area contributed by atoms with Crippen molar-refractivity contribution in [1.82, 2.24) is 19.7 Å². The fourth-order valence-electron chi connectivity index (χ4n) is 5.10. The zero-order valence-corrected chi connectivity index (χ0v) is 17.3. The molecular formula is C25H28N4O. The maximum atomic E-state index is 13.6. The number of amides is 1.